The first kappa shape index (κ1) is 17.2. The third-order valence-electron chi connectivity index (χ3n) is 2.46. The van der Waals surface area contributed by atoms with E-state index in [0.717, 1.165) is 16.7 Å². The molecule has 0 bridgehead atoms. The summed E-state index contributed by atoms with van der Waals surface area (Å²) in [5.74, 6) is 0. The van der Waals surface area contributed by atoms with Crippen molar-refractivity contribution in [3.05, 3.63) is 53.0 Å². The Kier molecular flexibility index (Phi) is 5.08. The molecule has 0 radical (unpaired) electrons. The van der Waals surface area contributed by atoms with Crippen LogP contribution in [0, 0.1) is 0 Å². The fourth-order valence-electron chi connectivity index (χ4n) is 1.48. The van der Waals surface area contributed by atoms with E-state index in [0.29, 0.717) is 9.37 Å². The maximum Gasteiger partial charge on any atom is 0.516 e. The molecule has 9 heteroatoms. The summed E-state index contributed by atoms with van der Waals surface area (Å²) in [6.45, 7) is 0. The van der Waals surface area contributed by atoms with Crippen LogP contribution in [0.15, 0.2) is 62.8 Å². The standard InChI is InChI=1S/C13H9BrF3NO2S2/c14-9-6-7-11(18-22(19,20)13(15,16)17)12(8-9)21-10-4-2-1-3-5-10/h1-8,18H. The van der Waals surface area contributed by atoms with Gasteiger partial charge in [0.1, 0.15) is 0 Å². The second kappa shape index (κ2) is 6.51. The highest BCUT2D eigenvalue weighted by atomic mass is 79.9. The van der Waals surface area contributed by atoms with Gasteiger partial charge in [0.15, 0.2) is 0 Å². The molecule has 2 aromatic rings. The Bertz CT molecular complexity index is 765. The van der Waals surface area contributed by atoms with E-state index < -0.39 is 15.5 Å². The average Bonchev–Trinajstić information content (AvgIpc) is 2.41. The highest BCUT2D eigenvalue weighted by Gasteiger charge is 2.46. The lowest BCUT2D eigenvalue weighted by molar-refractivity contribution is -0.0429. The maximum absolute atomic E-state index is 12.5. The highest BCUT2D eigenvalue weighted by molar-refractivity contribution is 9.10. The molecular weight excluding hydrogens is 403 g/mol. The molecule has 0 aliphatic rings. The van der Waals surface area contributed by atoms with E-state index in [4.69, 9.17) is 0 Å². The summed E-state index contributed by atoms with van der Waals surface area (Å²) < 4.78 is 62.2. The molecule has 0 heterocycles. The summed E-state index contributed by atoms with van der Waals surface area (Å²) in [5, 5.41) is 0. The molecule has 0 amide bonds. The monoisotopic (exact) mass is 411 g/mol. The van der Waals surface area contributed by atoms with Crippen LogP contribution in [0.25, 0.3) is 0 Å². The van der Waals surface area contributed by atoms with Crippen LogP contribution in [-0.2, 0) is 10.0 Å². The first-order valence-electron chi connectivity index (χ1n) is 5.80. The molecule has 0 aliphatic heterocycles. The summed E-state index contributed by atoms with van der Waals surface area (Å²) in [4.78, 5) is 1.13. The van der Waals surface area contributed by atoms with Gasteiger partial charge in [0.2, 0.25) is 0 Å². The molecule has 0 saturated carbocycles. The fraction of sp³-hybridized carbons (Fsp3) is 0.0769. The van der Waals surface area contributed by atoms with Crippen LogP contribution in [0.1, 0.15) is 0 Å². The molecular formula is C13H9BrF3NO2S2. The largest absolute Gasteiger partial charge is 0.516 e. The number of nitrogens with one attached hydrogen (secondary N) is 1. The lowest BCUT2D eigenvalue weighted by atomic mass is 10.3. The smallest absolute Gasteiger partial charge is 0.275 e. The maximum atomic E-state index is 12.5. The van der Waals surface area contributed by atoms with Crippen molar-refractivity contribution in [2.45, 2.75) is 15.3 Å². The normalized spacial score (nSPS) is 12.2. The van der Waals surface area contributed by atoms with Crippen LogP contribution in [0.5, 0.6) is 0 Å². The summed E-state index contributed by atoms with van der Waals surface area (Å²) in [5.41, 5.74) is -5.50. The van der Waals surface area contributed by atoms with Crippen molar-refractivity contribution in [1.82, 2.24) is 0 Å². The SMILES string of the molecule is O=S(=O)(Nc1ccc(Br)cc1Sc1ccccc1)C(F)(F)F. The van der Waals surface area contributed by atoms with E-state index >= 15 is 0 Å². The molecule has 0 atom stereocenters. The fourth-order valence-corrected chi connectivity index (χ4v) is 3.61. The Morgan fingerprint density at radius 3 is 2.27 bits per heavy atom. The lowest BCUT2D eigenvalue weighted by Gasteiger charge is -2.14. The Labute approximate surface area is 138 Å². The van der Waals surface area contributed by atoms with E-state index in [1.807, 2.05) is 0 Å². The predicted molar refractivity (Wildman–Crippen MR) is 83.3 cm³/mol. The molecule has 0 unspecified atom stereocenters. The minimum Gasteiger partial charge on any atom is -0.275 e. The van der Waals surface area contributed by atoms with E-state index in [1.54, 1.807) is 41.1 Å². The Hall–Kier alpha value is -1.19. The first-order chi connectivity index (χ1) is 10.2. The van der Waals surface area contributed by atoms with Gasteiger partial charge in [0.05, 0.1) is 5.69 Å². The summed E-state index contributed by atoms with van der Waals surface area (Å²) in [6.07, 6.45) is 0. The minimum absolute atomic E-state index is 0.130. The van der Waals surface area contributed by atoms with Crippen LogP contribution < -0.4 is 4.72 Å². The summed E-state index contributed by atoms with van der Waals surface area (Å²) >= 11 is 4.37. The quantitative estimate of drug-likeness (QED) is 0.780. The number of sulfonamides is 1. The Morgan fingerprint density at radius 1 is 1.05 bits per heavy atom. The summed E-state index contributed by atoms with van der Waals surface area (Å²) in [6, 6.07) is 13.2. The van der Waals surface area contributed by atoms with Crippen LogP contribution >= 0.6 is 27.7 Å². The second-order valence-electron chi connectivity index (χ2n) is 4.11. The lowest BCUT2D eigenvalue weighted by Crippen LogP contribution is -2.30. The molecule has 118 valence electrons. The van der Waals surface area contributed by atoms with Crippen molar-refractivity contribution in [1.29, 1.82) is 0 Å². The average molecular weight is 412 g/mol. The minimum atomic E-state index is -5.46. The first-order valence-corrected chi connectivity index (χ1v) is 8.90. The molecule has 22 heavy (non-hydrogen) atoms. The van der Waals surface area contributed by atoms with Gasteiger partial charge in [-0.1, -0.05) is 45.9 Å². The third-order valence-corrected chi connectivity index (χ3v) is 5.12. The van der Waals surface area contributed by atoms with Gasteiger partial charge in [-0.2, -0.15) is 21.6 Å². The Morgan fingerprint density at radius 2 is 1.68 bits per heavy atom. The van der Waals surface area contributed by atoms with Gasteiger partial charge in [0.25, 0.3) is 0 Å². The number of hydrogen-bond acceptors (Lipinski definition) is 3. The topological polar surface area (TPSA) is 46.2 Å². The van der Waals surface area contributed by atoms with Crippen LogP contribution in [0.4, 0.5) is 18.9 Å². The number of anilines is 1. The van der Waals surface area contributed by atoms with Gasteiger partial charge in [-0.05, 0) is 30.3 Å². The molecule has 2 aromatic carbocycles. The number of halogens is 4. The second-order valence-corrected chi connectivity index (χ2v) is 7.81. The number of alkyl halides is 3. The van der Waals surface area contributed by atoms with Crippen LogP contribution in [0.2, 0.25) is 0 Å². The summed E-state index contributed by atoms with van der Waals surface area (Å²) in [7, 11) is -5.46. The molecule has 0 fully saturated rings. The van der Waals surface area contributed by atoms with Gasteiger partial charge in [-0.25, -0.2) is 0 Å². The van der Waals surface area contributed by atoms with Crippen LogP contribution in [-0.4, -0.2) is 13.9 Å². The van der Waals surface area contributed by atoms with E-state index in [9.17, 15) is 21.6 Å². The number of hydrogen-bond donors (Lipinski definition) is 1. The molecule has 0 aromatic heterocycles. The van der Waals surface area contributed by atoms with E-state index in [2.05, 4.69) is 15.9 Å². The van der Waals surface area contributed by atoms with Crippen molar-refractivity contribution < 1.29 is 21.6 Å². The van der Waals surface area contributed by atoms with Crippen molar-refractivity contribution in [2.24, 2.45) is 0 Å². The molecule has 0 saturated heterocycles. The number of benzene rings is 2. The van der Waals surface area contributed by atoms with E-state index in [1.165, 1.54) is 12.1 Å². The van der Waals surface area contributed by atoms with Crippen molar-refractivity contribution in [2.75, 3.05) is 4.72 Å². The zero-order valence-corrected chi connectivity index (χ0v) is 14.0. The van der Waals surface area contributed by atoms with Crippen molar-refractivity contribution >= 4 is 43.4 Å². The molecule has 0 aliphatic carbocycles. The van der Waals surface area contributed by atoms with Gasteiger partial charge in [0, 0.05) is 14.3 Å². The number of rotatable bonds is 4. The zero-order valence-electron chi connectivity index (χ0n) is 10.8. The van der Waals surface area contributed by atoms with Gasteiger partial charge in [-0.3, -0.25) is 4.72 Å². The Balaban J connectivity index is 2.37. The van der Waals surface area contributed by atoms with Crippen molar-refractivity contribution in [3.8, 4) is 0 Å². The highest BCUT2D eigenvalue weighted by Crippen LogP contribution is 2.37. The van der Waals surface area contributed by atoms with Gasteiger partial charge in [-0.15, -0.1) is 0 Å². The zero-order chi connectivity index (χ0) is 16.4. The van der Waals surface area contributed by atoms with Crippen molar-refractivity contribution in [3.63, 3.8) is 0 Å². The van der Waals surface area contributed by atoms with Gasteiger partial charge < -0.3 is 0 Å². The molecule has 0 spiro atoms. The predicted octanol–water partition coefficient (Wildman–Crippen LogP) is 4.86. The molecule has 2 rings (SSSR count). The van der Waals surface area contributed by atoms with E-state index in [-0.39, 0.29) is 5.69 Å². The third kappa shape index (κ3) is 4.17. The molecule has 3 nitrogen and oxygen atoms in total. The van der Waals surface area contributed by atoms with Crippen LogP contribution in [0.3, 0.4) is 0 Å². The molecule has 1 N–H and O–H groups in total. The van der Waals surface area contributed by atoms with Gasteiger partial charge >= 0.3 is 15.5 Å².